The molecule has 100 valence electrons. The Morgan fingerprint density at radius 2 is 2.11 bits per heavy atom. The Hall–Kier alpha value is -1.55. The Morgan fingerprint density at radius 1 is 1.44 bits per heavy atom. The second kappa shape index (κ2) is 6.40. The van der Waals surface area contributed by atoms with Gasteiger partial charge in [-0.05, 0) is 37.5 Å². The van der Waals surface area contributed by atoms with E-state index in [0.717, 1.165) is 5.56 Å². The van der Waals surface area contributed by atoms with Gasteiger partial charge in [0, 0.05) is 0 Å². The fraction of sp³-hybridized carbons (Fsp3) is 0.500. The lowest BCUT2D eigenvalue weighted by molar-refractivity contribution is -0.118. The molecule has 0 aliphatic carbocycles. The van der Waals surface area contributed by atoms with Crippen molar-refractivity contribution in [3.05, 3.63) is 23.8 Å². The van der Waals surface area contributed by atoms with Crippen LogP contribution in [0.4, 0.5) is 5.69 Å². The fourth-order valence-corrected chi connectivity index (χ4v) is 1.53. The number of rotatable bonds is 5. The Labute approximate surface area is 109 Å². The maximum absolute atomic E-state index is 11.9. The second-order valence-corrected chi connectivity index (χ2v) is 4.69. The molecule has 0 heterocycles. The number of nitrogens with two attached hydrogens (primary N) is 1. The van der Waals surface area contributed by atoms with Crippen molar-refractivity contribution in [3.8, 4) is 5.75 Å². The summed E-state index contributed by atoms with van der Waals surface area (Å²) in [7, 11) is 0. The van der Waals surface area contributed by atoms with E-state index in [9.17, 15) is 4.79 Å². The number of amides is 1. The molecule has 1 rings (SSSR count). The summed E-state index contributed by atoms with van der Waals surface area (Å²) in [6.07, 6.45) is 0. The monoisotopic (exact) mass is 250 g/mol. The largest absolute Gasteiger partial charge is 0.492 e. The van der Waals surface area contributed by atoms with Crippen LogP contribution in [0.5, 0.6) is 5.75 Å². The molecule has 1 atom stereocenters. The first-order valence-electron chi connectivity index (χ1n) is 6.25. The van der Waals surface area contributed by atoms with Crippen molar-refractivity contribution in [2.24, 2.45) is 11.7 Å². The maximum Gasteiger partial charge on any atom is 0.241 e. The van der Waals surface area contributed by atoms with E-state index in [4.69, 9.17) is 10.5 Å². The molecule has 4 heteroatoms. The number of ether oxygens (including phenoxy) is 1. The zero-order valence-electron chi connectivity index (χ0n) is 11.5. The Kier molecular flexibility index (Phi) is 5.16. The SMILES string of the molecule is CCOc1cc(C)ccc1NC(=O)[C@H](N)C(C)C. The molecule has 4 nitrogen and oxygen atoms in total. The molecule has 0 aliphatic heterocycles. The second-order valence-electron chi connectivity index (χ2n) is 4.69. The molecule has 0 saturated carbocycles. The molecule has 1 aromatic rings. The maximum atomic E-state index is 11.9. The van der Waals surface area contributed by atoms with Gasteiger partial charge in [-0.25, -0.2) is 0 Å². The normalized spacial score (nSPS) is 12.3. The van der Waals surface area contributed by atoms with Gasteiger partial charge >= 0.3 is 0 Å². The van der Waals surface area contributed by atoms with Crippen LogP contribution in [-0.2, 0) is 4.79 Å². The summed E-state index contributed by atoms with van der Waals surface area (Å²) in [4.78, 5) is 11.9. The highest BCUT2D eigenvalue weighted by atomic mass is 16.5. The van der Waals surface area contributed by atoms with Gasteiger partial charge in [-0.15, -0.1) is 0 Å². The van der Waals surface area contributed by atoms with Gasteiger partial charge in [-0.3, -0.25) is 4.79 Å². The molecule has 0 aliphatic rings. The van der Waals surface area contributed by atoms with Crippen molar-refractivity contribution in [1.82, 2.24) is 0 Å². The molecule has 0 saturated heterocycles. The van der Waals surface area contributed by atoms with E-state index in [2.05, 4.69) is 5.32 Å². The lowest BCUT2D eigenvalue weighted by Gasteiger charge is -2.17. The Bertz CT molecular complexity index is 416. The van der Waals surface area contributed by atoms with Crippen LogP contribution in [0.3, 0.4) is 0 Å². The molecule has 0 fully saturated rings. The van der Waals surface area contributed by atoms with Crippen LogP contribution in [0, 0.1) is 12.8 Å². The quantitative estimate of drug-likeness (QED) is 0.843. The van der Waals surface area contributed by atoms with Crippen LogP contribution in [0.25, 0.3) is 0 Å². The van der Waals surface area contributed by atoms with Crippen molar-refractivity contribution >= 4 is 11.6 Å². The minimum absolute atomic E-state index is 0.103. The third-order valence-electron chi connectivity index (χ3n) is 2.72. The van der Waals surface area contributed by atoms with Gasteiger partial charge in [-0.2, -0.15) is 0 Å². The average molecular weight is 250 g/mol. The van der Waals surface area contributed by atoms with Gasteiger partial charge in [0.25, 0.3) is 0 Å². The lowest BCUT2D eigenvalue weighted by atomic mass is 10.0. The molecule has 1 aromatic carbocycles. The third-order valence-corrected chi connectivity index (χ3v) is 2.72. The molecule has 18 heavy (non-hydrogen) atoms. The average Bonchev–Trinajstić information content (AvgIpc) is 2.31. The van der Waals surface area contributed by atoms with E-state index < -0.39 is 6.04 Å². The van der Waals surface area contributed by atoms with E-state index in [0.29, 0.717) is 18.0 Å². The first kappa shape index (κ1) is 14.5. The molecule has 0 spiro atoms. The number of carbonyl (C=O) groups is 1. The first-order chi connectivity index (χ1) is 8.45. The summed E-state index contributed by atoms with van der Waals surface area (Å²) in [5.74, 6) is 0.600. The van der Waals surface area contributed by atoms with Crippen molar-refractivity contribution in [2.45, 2.75) is 33.7 Å². The van der Waals surface area contributed by atoms with Gasteiger partial charge in [0.15, 0.2) is 0 Å². The van der Waals surface area contributed by atoms with Crippen molar-refractivity contribution in [3.63, 3.8) is 0 Å². The van der Waals surface area contributed by atoms with E-state index >= 15 is 0 Å². The number of carbonyl (C=O) groups excluding carboxylic acids is 1. The number of hydrogen-bond acceptors (Lipinski definition) is 3. The van der Waals surface area contributed by atoms with Gasteiger partial charge in [-0.1, -0.05) is 19.9 Å². The molecule has 3 N–H and O–H groups in total. The predicted octanol–water partition coefficient (Wildman–Crippen LogP) is 2.32. The molecular weight excluding hydrogens is 228 g/mol. The first-order valence-corrected chi connectivity index (χ1v) is 6.25. The summed E-state index contributed by atoms with van der Waals surface area (Å²) in [6, 6.07) is 5.16. The Balaban J connectivity index is 2.86. The summed E-state index contributed by atoms with van der Waals surface area (Å²) in [6.45, 7) is 8.29. The standard InChI is InChI=1S/C14H22N2O2/c1-5-18-12-8-10(4)6-7-11(12)16-14(17)13(15)9(2)3/h6-9,13H,5,15H2,1-4H3,(H,16,17)/t13-/m1/s1. The highest BCUT2D eigenvalue weighted by Crippen LogP contribution is 2.26. The number of hydrogen-bond donors (Lipinski definition) is 2. The molecule has 1 amide bonds. The predicted molar refractivity (Wildman–Crippen MR) is 73.8 cm³/mol. The summed E-state index contributed by atoms with van der Waals surface area (Å²) >= 11 is 0. The van der Waals surface area contributed by atoms with Crippen LogP contribution in [0.15, 0.2) is 18.2 Å². The van der Waals surface area contributed by atoms with Crippen LogP contribution < -0.4 is 15.8 Å². The minimum Gasteiger partial charge on any atom is -0.492 e. The number of anilines is 1. The highest BCUT2D eigenvalue weighted by Gasteiger charge is 2.18. The number of benzene rings is 1. The van der Waals surface area contributed by atoms with Crippen molar-refractivity contribution in [2.75, 3.05) is 11.9 Å². The van der Waals surface area contributed by atoms with Crippen LogP contribution in [0.2, 0.25) is 0 Å². The molecule has 0 unspecified atom stereocenters. The van der Waals surface area contributed by atoms with Crippen LogP contribution in [-0.4, -0.2) is 18.6 Å². The summed E-state index contributed by atoms with van der Waals surface area (Å²) in [5.41, 5.74) is 7.57. The lowest BCUT2D eigenvalue weighted by Crippen LogP contribution is -2.39. The molecule has 0 aromatic heterocycles. The minimum atomic E-state index is -0.513. The van der Waals surface area contributed by atoms with Crippen molar-refractivity contribution < 1.29 is 9.53 Å². The zero-order valence-corrected chi connectivity index (χ0v) is 11.5. The molecular formula is C14H22N2O2. The van der Waals surface area contributed by atoms with E-state index in [1.807, 2.05) is 45.9 Å². The number of aryl methyl sites for hydroxylation is 1. The fourth-order valence-electron chi connectivity index (χ4n) is 1.53. The topological polar surface area (TPSA) is 64.3 Å². The van der Waals surface area contributed by atoms with E-state index in [-0.39, 0.29) is 11.8 Å². The van der Waals surface area contributed by atoms with Gasteiger partial charge in [0.2, 0.25) is 5.91 Å². The number of nitrogens with one attached hydrogen (secondary N) is 1. The van der Waals surface area contributed by atoms with Gasteiger partial charge in [0.1, 0.15) is 5.75 Å². The third kappa shape index (κ3) is 3.74. The van der Waals surface area contributed by atoms with Crippen LogP contribution >= 0.6 is 0 Å². The Morgan fingerprint density at radius 3 is 2.67 bits per heavy atom. The summed E-state index contributed by atoms with van der Waals surface area (Å²) in [5, 5.41) is 2.81. The van der Waals surface area contributed by atoms with E-state index in [1.54, 1.807) is 0 Å². The van der Waals surface area contributed by atoms with Crippen LogP contribution in [0.1, 0.15) is 26.3 Å². The van der Waals surface area contributed by atoms with Gasteiger partial charge < -0.3 is 15.8 Å². The van der Waals surface area contributed by atoms with E-state index in [1.165, 1.54) is 0 Å². The smallest absolute Gasteiger partial charge is 0.241 e. The summed E-state index contributed by atoms with van der Waals surface area (Å²) < 4.78 is 5.50. The van der Waals surface area contributed by atoms with Crippen molar-refractivity contribution in [1.29, 1.82) is 0 Å². The molecule has 0 radical (unpaired) electrons. The van der Waals surface area contributed by atoms with Gasteiger partial charge in [0.05, 0.1) is 18.3 Å². The zero-order chi connectivity index (χ0) is 13.7. The molecule has 0 bridgehead atoms. The highest BCUT2D eigenvalue weighted by molar-refractivity contribution is 5.96.